The first-order valence-electron chi connectivity index (χ1n) is 14.6. The summed E-state index contributed by atoms with van der Waals surface area (Å²) in [7, 11) is 1.29. The monoisotopic (exact) mass is 666 g/mol. The second-order valence-electron chi connectivity index (χ2n) is 12.8. The van der Waals surface area contributed by atoms with E-state index in [1.165, 1.54) is 13.3 Å². The van der Waals surface area contributed by atoms with E-state index in [4.69, 9.17) is 9.47 Å². The molecule has 1 saturated heterocycles. The first-order chi connectivity index (χ1) is 21.0. The molecule has 1 aliphatic heterocycles. The number of nitrogens with zero attached hydrogens (tertiary/aromatic N) is 3. The van der Waals surface area contributed by atoms with Crippen LogP contribution in [0.15, 0.2) is 18.3 Å². The smallest absolute Gasteiger partial charge is 0.248 e. The van der Waals surface area contributed by atoms with Crippen molar-refractivity contribution >= 4 is 17.7 Å². The number of hydrogen-bond donors (Lipinski definition) is 4. The van der Waals surface area contributed by atoms with Crippen molar-refractivity contribution in [1.82, 2.24) is 20.3 Å². The Bertz CT molecular complexity index is 1310. The van der Waals surface area contributed by atoms with Gasteiger partial charge >= 0.3 is 0 Å². The van der Waals surface area contributed by atoms with Gasteiger partial charge in [0.2, 0.25) is 11.8 Å². The van der Waals surface area contributed by atoms with Crippen LogP contribution in [0.1, 0.15) is 58.9 Å². The molecule has 2 aliphatic rings. The average Bonchev–Trinajstić information content (AvgIpc) is 3.45. The first kappa shape index (κ1) is 35.5. The zero-order valence-corrected chi connectivity index (χ0v) is 26.2. The lowest BCUT2D eigenvalue weighted by molar-refractivity contribution is -0.186. The summed E-state index contributed by atoms with van der Waals surface area (Å²) in [5.74, 6) is -8.12. The largest absolute Gasteiger partial charge is 0.394 e. The molecule has 45 heavy (non-hydrogen) atoms. The Hall–Kier alpha value is -2.37. The van der Waals surface area contributed by atoms with E-state index >= 15 is 0 Å². The fourth-order valence-corrected chi connectivity index (χ4v) is 7.11. The molecule has 2 heterocycles. The van der Waals surface area contributed by atoms with Gasteiger partial charge in [0, 0.05) is 32.1 Å². The minimum atomic E-state index is -2.99. The number of methoxy groups -OCH3 is 1. The van der Waals surface area contributed by atoms with Crippen LogP contribution in [0.3, 0.4) is 0 Å². The number of benzene rings is 1. The van der Waals surface area contributed by atoms with Crippen molar-refractivity contribution in [3.8, 4) is 11.3 Å². The molecule has 0 spiro atoms. The van der Waals surface area contributed by atoms with E-state index in [2.05, 4.69) is 15.6 Å². The summed E-state index contributed by atoms with van der Waals surface area (Å²) in [5.41, 5.74) is -3.32. The Kier molecular flexibility index (Phi) is 10.9. The molecule has 2 aromatic rings. The van der Waals surface area contributed by atoms with E-state index in [0.717, 1.165) is 28.6 Å². The van der Waals surface area contributed by atoms with Crippen LogP contribution in [0.5, 0.6) is 0 Å². The highest BCUT2D eigenvalue weighted by atomic mass is 32.2. The molecule has 6 atom stereocenters. The Labute approximate surface area is 261 Å². The van der Waals surface area contributed by atoms with Crippen LogP contribution in [0.4, 0.5) is 22.0 Å². The van der Waals surface area contributed by atoms with Crippen LogP contribution in [0.25, 0.3) is 11.3 Å². The number of alkyl halides is 2. The van der Waals surface area contributed by atoms with Gasteiger partial charge in [-0.2, -0.15) is 0 Å². The lowest BCUT2D eigenvalue weighted by Gasteiger charge is -2.46. The molecule has 2 fully saturated rings. The molecule has 1 amide bonds. The second-order valence-corrected chi connectivity index (χ2v) is 14.0. The highest BCUT2D eigenvalue weighted by molar-refractivity contribution is 8.01. The summed E-state index contributed by atoms with van der Waals surface area (Å²) in [4.78, 5) is 13.6. The predicted molar refractivity (Wildman–Crippen MR) is 154 cm³/mol. The number of carbonyl (C=O) groups is 1. The highest BCUT2D eigenvalue weighted by Crippen LogP contribution is 2.46. The Morgan fingerprint density at radius 1 is 1.20 bits per heavy atom. The van der Waals surface area contributed by atoms with Crippen LogP contribution >= 0.6 is 11.8 Å². The second kappa shape index (κ2) is 13.8. The normalized spacial score (nSPS) is 27.2. The zero-order chi connectivity index (χ0) is 33.3. The Morgan fingerprint density at radius 3 is 2.38 bits per heavy atom. The van der Waals surface area contributed by atoms with Gasteiger partial charge in [-0.3, -0.25) is 4.79 Å². The Balaban J connectivity index is 1.65. The molecule has 1 aliphatic carbocycles. The average molecular weight is 667 g/mol. The van der Waals surface area contributed by atoms with E-state index in [-0.39, 0.29) is 36.1 Å². The highest BCUT2D eigenvalue weighted by Gasteiger charge is 2.54. The van der Waals surface area contributed by atoms with Crippen molar-refractivity contribution in [2.24, 2.45) is 5.41 Å². The summed E-state index contributed by atoms with van der Waals surface area (Å²) in [5, 5.41) is 42.2. The summed E-state index contributed by atoms with van der Waals surface area (Å²) >= 11 is 0.819. The van der Waals surface area contributed by atoms with Gasteiger partial charge in [-0.05, 0) is 36.8 Å². The van der Waals surface area contributed by atoms with Gasteiger partial charge in [-0.25, -0.2) is 26.6 Å². The number of aliphatic hydroxyl groups is 3. The third-order valence-corrected chi connectivity index (χ3v) is 9.78. The van der Waals surface area contributed by atoms with Crippen molar-refractivity contribution in [3.63, 3.8) is 0 Å². The molecule has 1 aromatic heterocycles. The lowest BCUT2D eigenvalue weighted by atomic mass is 9.80. The minimum Gasteiger partial charge on any atom is -0.394 e. The number of amides is 1. The number of rotatable bonds is 10. The molecule has 1 saturated carbocycles. The van der Waals surface area contributed by atoms with E-state index in [1.54, 1.807) is 0 Å². The molecule has 0 bridgehead atoms. The molecule has 0 radical (unpaired) electrons. The van der Waals surface area contributed by atoms with Crippen molar-refractivity contribution in [2.45, 2.75) is 99.4 Å². The van der Waals surface area contributed by atoms with Gasteiger partial charge in [-0.1, -0.05) is 26.0 Å². The molecular weight excluding hydrogens is 627 g/mol. The molecule has 1 unspecified atom stereocenters. The van der Waals surface area contributed by atoms with E-state index in [9.17, 15) is 42.1 Å². The number of aliphatic hydroxyl groups excluding tert-OH is 2. The van der Waals surface area contributed by atoms with Crippen molar-refractivity contribution in [3.05, 3.63) is 35.8 Å². The van der Waals surface area contributed by atoms with Gasteiger partial charge in [-0.15, -0.1) is 16.9 Å². The fourth-order valence-electron chi connectivity index (χ4n) is 5.51. The number of halogens is 5. The van der Waals surface area contributed by atoms with Crippen LogP contribution in [-0.2, 0) is 14.3 Å². The molecule has 10 nitrogen and oxygen atoms in total. The number of hydrogen-bond acceptors (Lipinski definition) is 9. The van der Waals surface area contributed by atoms with E-state index in [0.29, 0.717) is 6.42 Å². The standard InChI is InChI=1S/C29H39F5N4O6S/c1-27(2,3)9-10-35-25(41)24(28(42)5-7-29(33,34)8-6-28)45-26-23(43-4)21(22(40)19(14-39)44-26)38-13-18(36-37-38)15-11-16(30)20(32)17(31)12-15/h11-13,19,21-24,26,39-40,42H,5-10,14H2,1-4H3,(H,35,41)/t19-,21+,22+,23-,24?,26+/m1/s1. The Morgan fingerprint density at radius 2 is 1.82 bits per heavy atom. The van der Waals surface area contributed by atoms with E-state index in [1.807, 2.05) is 20.8 Å². The van der Waals surface area contributed by atoms with Crippen LogP contribution < -0.4 is 5.32 Å². The number of nitrogens with one attached hydrogen (secondary N) is 1. The molecule has 4 N–H and O–H groups in total. The zero-order valence-electron chi connectivity index (χ0n) is 25.4. The molecular formula is C29H39F5N4O6S. The van der Waals surface area contributed by atoms with Crippen molar-refractivity contribution < 1.29 is 51.5 Å². The van der Waals surface area contributed by atoms with Gasteiger partial charge in [0.1, 0.15) is 40.7 Å². The number of thioether (sulfide) groups is 1. The van der Waals surface area contributed by atoms with Crippen LogP contribution in [0, 0.1) is 22.9 Å². The van der Waals surface area contributed by atoms with Gasteiger partial charge in [0.05, 0.1) is 18.4 Å². The minimum absolute atomic E-state index is 0.0698. The van der Waals surface area contributed by atoms with Crippen molar-refractivity contribution in [1.29, 1.82) is 0 Å². The maximum absolute atomic E-state index is 14.1. The van der Waals surface area contributed by atoms with E-state index < -0.39 is 89.4 Å². The lowest BCUT2D eigenvalue weighted by Crippen LogP contribution is -2.58. The maximum atomic E-state index is 14.1. The SMILES string of the molecule is CO[C@@H]1[C@@H](n2cc(-c3cc(F)c(F)c(F)c3)nn2)[C@@H](O)[C@@H](CO)O[C@H]1SC(C(=O)NCCC(C)(C)C)C1(O)CCC(F)(F)CC1. The van der Waals surface area contributed by atoms with Crippen LogP contribution in [0.2, 0.25) is 0 Å². The fraction of sp³-hybridized carbons (Fsp3) is 0.690. The summed E-state index contributed by atoms with van der Waals surface area (Å²) in [6, 6.07) is 0.311. The van der Waals surface area contributed by atoms with Gasteiger partial charge < -0.3 is 30.1 Å². The van der Waals surface area contributed by atoms with Gasteiger partial charge in [0.25, 0.3) is 0 Å². The molecule has 1 aromatic carbocycles. The quantitative estimate of drug-likeness (QED) is 0.221. The number of carbonyl (C=O) groups excluding carboxylic acids is 1. The maximum Gasteiger partial charge on any atom is 0.248 e. The molecule has 252 valence electrons. The third-order valence-electron chi connectivity index (χ3n) is 8.21. The summed E-state index contributed by atoms with van der Waals surface area (Å²) in [6.07, 6.45) is -3.97. The summed E-state index contributed by atoms with van der Waals surface area (Å²) < 4.78 is 82.3. The molecule has 16 heteroatoms. The van der Waals surface area contributed by atoms with Crippen LogP contribution in [-0.4, -0.2) is 97.0 Å². The predicted octanol–water partition coefficient (Wildman–Crippen LogP) is 3.59. The van der Waals surface area contributed by atoms with Gasteiger partial charge in [0.15, 0.2) is 17.5 Å². The number of ether oxygens (including phenoxy) is 2. The number of aromatic nitrogens is 3. The third kappa shape index (κ3) is 8.14. The molecule has 4 rings (SSSR count). The first-order valence-corrected chi connectivity index (χ1v) is 15.5. The summed E-state index contributed by atoms with van der Waals surface area (Å²) in [6.45, 7) is 5.54. The van der Waals surface area contributed by atoms with Crippen molar-refractivity contribution in [2.75, 3.05) is 20.3 Å². The topological polar surface area (TPSA) is 139 Å².